The van der Waals surface area contributed by atoms with Gasteiger partial charge in [0.25, 0.3) is 5.56 Å². The molecule has 6 nitrogen and oxygen atoms in total. The maximum absolute atomic E-state index is 12.4. The van der Waals surface area contributed by atoms with Gasteiger partial charge in [-0.05, 0) is 31.5 Å². The molecule has 0 spiro atoms. The molecule has 1 aliphatic heterocycles. The molecule has 0 saturated carbocycles. The van der Waals surface area contributed by atoms with E-state index in [1.165, 1.54) is 11.8 Å². The molecule has 0 aliphatic carbocycles. The maximum Gasteiger partial charge on any atom is 0.331 e. The molecular weight excluding hydrogens is 290 g/mol. The van der Waals surface area contributed by atoms with Gasteiger partial charge >= 0.3 is 5.69 Å². The van der Waals surface area contributed by atoms with Crippen molar-refractivity contribution in [2.75, 3.05) is 11.9 Å². The molecule has 3 rings (SSSR count). The van der Waals surface area contributed by atoms with Crippen LogP contribution in [0.15, 0.2) is 37.7 Å². The van der Waals surface area contributed by atoms with E-state index in [-0.39, 0.29) is 12.3 Å². The molecular formula is C14H15N3O3S. The molecule has 0 unspecified atom stereocenters. The van der Waals surface area contributed by atoms with E-state index in [0.717, 1.165) is 20.7 Å². The summed E-state index contributed by atoms with van der Waals surface area (Å²) in [5.74, 6) is 0. The standard InChI is InChI=1S/C14H15N3O3S/c1-3-20-7-17-13(18)11-12(16-14(17)19)21-10-6-8(2)4-5-9(10)15-11/h4-6,15H,3,7H2,1-2H3,(H,16,19). The minimum absolute atomic E-state index is 0.0505. The Labute approximate surface area is 125 Å². The van der Waals surface area contributed by atoms with Crippen molar-refractivity contribution in [3.63, 3.8) is 0 Å². The summed E-state index contributed by atoms with van der Waals surface area (Å²) < 4.78 is 6.22. The van der Waals surface area contributed by atoms with E-state index in [2.05, 4.69) is 10.3 Å². The van der Waals surface area contributed by atoms with Crippen molar-refractivity contribution < 1.29 is 4.74 Å². The van der Waals surface area contributed by atoms with Gasteiger partial charge in [0.1, 0.15) is 17.4 Å². The van der Waals surface area contributed by atoms with Crippen molar-refractivity contribution in [3.8, 4) is 0 Å². The van der Waals surface area contributed by atoms with Crippen LogP contribution >= 0.6 is 11.8 Å². The zero-order valence-electron chi connectivity index (χ0n) is 11.7. The third-order valence-electron chi connectivity index (χ3n) is 3.19. The third kappa shape index (κ3) is 2.50. The predicted molar refractivity (Wildman–Crippen MR) is 81.5 cm³/mol. The zero-order chi connectivity index (χ0) is 15.0. The normalized spacial score (nSPS) is 12.5. The van der Waals surface area contributed by atoms with Crippen molar-refractivity contribution in [2.45, 2.75) is 30.5 Å². The molecule has 7 heteroatoms. The van der Waals surface area contributed by atoms with Gasteiger partial charge in [0, 0.05) is 11.5 Å². The first-order valence-corrected chi connectivity index (χ1v) is 7.42. The Bertz CT molecular complexity index is 810. The molecule has 1 aliphatic rings. The number of ether oxygens (including phenoxy) is 1. The highest BCUT2D eigenvalue weighted by Crippen LogP contribution is 2.41. The summed E-state index contributed by atoms with van der Waals surface area (Å²) in [6, 6.07) is 5.92. The molecule has 0 amide bonds. The molecule has 0 saturated heterocycles. The monoisotopic (exact) mass is 305 g/mol. The van der Waals surface area contributed by atoms with Gasteiger partial charge in [-0.2, -0.15) is 0 Å². The maximum atomic E-state index is 12.4. The lowest BCUT2D eigenvalue weighted by Gasteiger charge is -2.20. The molecule has 21 heavy (non-hydrogen) atoms. The fraction of sp³-hybridized carbons (Fsp3) is 0.286. The minimum Gasteiger partial charge on any atom is -0.361 e. The fourth-order valence-corrected chi connectivity index (χ4v) is 3.17. The van der Waals surface area contributed by atoms with Crippen LogP contribution < -0.4 is 16.6 Å². The molecule has 0 bridgehead atoms. The summed E-state index contributed by atoms with van der Waals surface area (Å²) >= 11 is 1.39. The van der Waals surface area contributed by atoms with E-state index in [9.17, 15) is 9.59 Å². The predicted octanol–water partition coefficient (Wildman–Crippen LogP) is 2.05. The van der Waals surface area contributed by atoms with Crippen molar-refractivity contribution in [1.29, 1.82) is 0 Å². The van der Waals surface area contributed by atoms with Crippen LogP contribution in [0.4, 0.5) is 11.4 Å². The molecule has 2 heterocycles. The number of fused-ring (bicyclic) bond motifs is 2. The molecule has 0 fully saturated rings. The first-order chi connectivity index (χ1) is 10.1. The van der Waals surface area contributed by atoms with Crippen LogP contribution in [-0.2, 0) is 11.5 Å². The summed E-state index contributed by atoms with van der Waals surface area (Å²) in [6.45, 7) is 4.20. The molecule has 1 aromatic heterocycles. The Kier molecular flexibility index (Phi) is 3.60. The number of aromatic nitrogens is 2. The lowest BCUT2D eigenvalue weighted by Crippen LogP contribution is -2.38. The number of rotatable bonds is 3. The van der Waals surface area contributed by atoms with Gasteiger partial charge in [0.15, 0.2) is 0 Å². The average molecular weight is 305 g/mol. The van der Waals surface area contributed by atoms with Gasteiger partial charge in [0.2, 0.25) is 0 Å². The summed E-state index contributed by atoms with van der Waals surface area (Å²) in [6.07, 6.45) is 0. The van der Waals surface area contributed by atoms with Crippen LogP contribution in [0.5, 0.6) is 0 Å². The minimum atomic E-state index is -0.461. The zero-order valence-corrected chi connectivity index (χ0v) is 12.5. The van der Waals surface area contributed by atoms with E-state index in [1.54, 1.807) is 0 Å². The smallest absolute Gasteiger partial charge is 0.331 e. The Balaban J connectivity index is 2.08. The topological polar surface area (TPSA) is 76.1 Å². The van der Waals surface area contributed by atoms with Gasteiger partial charge < -0.3 is 10.1 Å². The molecule has 2 aromatic rings. The van der Waals surface area contributed by atoms with E-state index < -0.39 is 5.69 Å². The number of hydrogen-bond acceptors (Lipinski definition) is 5. The van der Waals surface area contributed by atoms with Gasteiger partial charge in [-0.25, -0.2) is 9.36 Å². The summed E-state index contributed by atoms with van der Waals surface area (Å²) in [5.41, 5.74) is 1.54. The lowest BCUT2D eigenvalue weighted by molar-refractivity contribution is 0.0820. The summed E-state index contributed by atoms with van der Waals surface area (Å²) in [7, 11) is 0. The second-order valence-electron chi connectivity index (χ2n) is 4.72. The number of anilines is 2. The number of nitrogens with zero attached hydrogens (tertiary/aromatic N) is 1. The highest BCUT2D eigenvalue weighted by molar-refractivity contribution is 7.99. The van der Waals surface area contributed by atoms with Gasteiger partial charge in [0.05, 0.1) is 5.69 Å². The van der Waals surface area contributed by atoms with E-state index in [0.29, 0.717) is 17.3 Å². The van der Waals surface area contributed by atoms with E-state index in [4.69, 9.17) is 4.74 Å². The second-order valence-corrected chi connectivity index (χ2v) is 5.77. The number of aromatic amines is 1. The van der Waals surface area contributed by atoms with Crippen molar-refractivity contribution in [1.82, 2.24) is 9.55 Å². The van der Waals surface area contributed by atoms with Crippen LogP contribution in [0.2, 0.25) is 0 Å². The van der Waals surface area contributed by atoms with Gasteiger partial charge in [-0.3, -0.25) is 9.78 Å². The average Bonchev–Trinajstić information content (AvgIpc) is 2.45. The Hall–Kier alpha value is -1.99. The molecule has 110 valence electrons. The third-order valence-corrected chi connectivity index (χ3v) is 4.25. The number of aryl methyl sites for hydroxylation is 1. The molecule has 2 N–H and O–H groups in total. The van der Waals surface area contributed by atoms with Crippen LogP contribution in [0, 0.1) is 6.92 Å². The molecule has 0 atom stereocenters. The summed E-state index contributed by atoms with van der Waals surface area (Å²) in [5, 5.41) is 3.64. The Morgan fingerprint density at radius 3 is 2.90 bits per heavy atom. The van der Waals surface area contributed by atoms with Crippen LogP contribution in [0.3, 0.4) is 0 Å². The second kappa shape index (κ2) is 5.42. The fourth-order valence-electron chi connectivity index (χ4n) is 2.10. The highest BCUT2D eigenvalue weighted by Gasteiger charge is 2.21. The quantitative estimate of drug-likeness (QED) is 0.724. The van der Waals surface area contributed by atoms with E-state index >= 15 is 0 Å². The SMILES string of the molecule is CCOCn1c(=O)[nH]c2c(c1=O)Nc1ccc(C)cc1S2. The van der Waals surface area contributed by atoms with Crippen molar-refractivity contribution in [2.24, 2.45) is 0 Å². The van der Waals surface area contributed by atoms with Crippen LogP contribution in [0.25, 0.3) is 0 Å². The number of nitrogens with one attached hydrogen (secondary N) is 2. The number of hydrogen-bond donors (Lipinski definition) is 2. The van der Waals surface area contributed by atoms with Crippen LogP contribution in [-0.4, -0.2) is 16.2 Å². The molecule has 0 radical (unpaired) electrons. The van der Waals surface area contributed by atoms with Crippen molar-refractivity contribution >= 4 is 23.1 Å². The number of benzene rings is 1. The summed E-state index contributed by atoms with van der Waals surface area (Å²) in [4.78, 5) is 28.1. The lowest BCUT2D eigenvalue weighted by atomic mass is 10.2. The van der Waals surface area contributed by atoms with Gasteiger partial charge in [-0.15, -0.1) is 0 Å². The van der Waals surface area contributed by atoms with Gasteiger partial charge in [-0.1, -0.05) is 17.8 Å². The first kappa shape index (κ1) is 14.0. The highest BCUT2D eigenvalue weighted by atomic mass is 32.2. The van der Waals surface area contributed by atoms with Crippen LogP contribution in [0.1, 0.15) is 12.5 Å². The van der Waals surface area contributed by atoms with E-state index in [1.807, 2.05) is 32.0 Å². The molecule has 1 aromatic carbocycles. The largest absolute Gasteiger partial charge is 0.361 e. The Morgan fingerprint density at radius 2 is 2.14 bits per heavy atom. The number of H-pyrrole nitrogens is 1. The first-order valence-electron chi connectivity index (χ1n) is 6.60. The Morgan fingerprint density at radius 1 is 1.33 bits per heavy atom. The van der Waals surface area contributed by atoms with Crippen molar-refractivity contribution in [3.05, 3.63) is 44.6 Å².